The molecule has 1 aliphatic carbocycles. The molecule has 0 spiro atoms. The largest absolute Gasteiger partial charge is 0.348 e. The molecule has 0 radical (unpaired) electrons. The fourth-order valence-corrected chi connectivity index (χ4v) is 3.17. The number of hydrogen-bond donors (Lipinski definition) is 2. The van der Waals surface area contributed by atoms with E-state index in [4.69, 9.17) is 0 Å². The number of para-hydroxylation sites is 1. The van der Waals surface area contributed by atoms with Crippen molar-refractivity contribution in [2.45, 2.75) is 44.7 Å². The van der Waals surface area contributed by atoms with E-state index in [2.05, 4.69) is 17.6 Å². The van der Waals surface area contributed by atoms with E-state index in [1.807, 2.05) is 18.2 Å². The number of hydrogen-bond acceptors (Lipinski definition) is 3. The van der Waals surface area contributed by atoms with Gasteiger partial charge in [0, 0.05) is 25.0 Å². The summed E-state index contributed by atoms with van der Waals surface area (Å²) in [6.45, 7) is 3.10. The number of anilines is 1. The standard InChI is InChI=1S/C18H25N3O2.ClH/c1-12-15(7-5-11-19-12)20-17(22)14-6-3-4-8-16(14)21(2)18(23)13-9-10-13;/h3-4,6,8,12-13,15,19H,5,7,9-11H2,1-2H3,(H,20,22);1H. The summed E-state index contributed by atoms with van der Waals surface area (Å²) >= 11 is 0. The highest BCUT2D eigenvalue weighted by atomic mass is 35.5. The molecule has 1 aliphatic heterocycles. The predicted molar refractivity (Wildman–Crippen MR) is 97.8 cm³/mol. The Bertz CT molecular complexity index is 604. The molecule has 2 atom stereocenters. The number of nitrogens with zero attached hydrogens (tertiary/aromatic N) is 1. The van der Waals surface area contributed by atoms with Crippen molar-refractivity contribution in [2.75, 3.05) is 18.5 Å². The molecule has 1 heterocycles. The molecule has 24 heavy (non-hydrogen) atoms. The van der Waals surface area contributed by atoms with Gasteiger partial charge in [0.25, 0.3) is 5.91 Å². The third kappa shape index (κ3) is 4.08. The Kier molecular flexibility index (Phi) is 6.24. The van der Waals surface area contributed by atoms with Crippen molar-refractivity contribution in [1.82, 2.24) is 10.6 Å². The van der Waals surface area contributed by atoms with Gasteiger partial charge < -0.3 is 15.5 Å². The Morgan fingerprint density at radius 3 is 2.58 bits per heavy atom. The first kappa shape index (κ1) is 18.7. The van der Waals surface area contributed by atoms with Crippen molar-refractivity contribution in [3.8, 4) is 0 Å². The van der Waals surface area contributed by atoms with Crippen LogP contribution in [0.1, 0.15) is 43.0 Å². The predicted octanol–water partition coefficient (Wildman–Crippen LogP) is 2.35. The summed E-state index contributed by atoms with van der Waals surface area (Å²) in [5.41, 5.74) is 1.26. The van der Waals surface area contributed by atoms with Gasteiger partial charge in [-0.3, -0.25) is 9.59 Å². The summed E-state index contributed by atoms with van der Waals surface area (Å²) < 4.78 is 0. The van der Waals surface area contributed by atoms with E-state index < -0.39 is 0 Å². The molecule has 2 unspecified atom stereocenters. The first-order valence-electron chi connectivity index (χ1n) is 8.49. The Morgan fingerprint density at radius 1 is 1.21 bits per heavy atom. The van der Waals surface area contributed by atoms with Crippen molar-refractivity contribution in [3.05, 3.63) is 29.8 Å². The van der Waals surface area contributed by atoms with Crippen molar-refractivity contribution in [2.24, 2.45) is 5.92 Å². The lowest BCUT2D eigenvalue weighted by molar-refractivity contribution is -0.119. The smallest absolute Gasteiger partial charge is 0.253 e. The van der Waals surface area contributed by atoms with E-state index in [1.165, 1.54) is 0 Å². The molecule has 6 heteroatoms. The number of carbonyl (C=O) groups excluding carboxylic acids is 2. The fourth-order valence-electron chi connectivity index (χ4n) is 3.17. The van der Waals surface area contributed by atoms with Crippen molar-refractivity contribution in [3.63, 3.8) is 0 Å². The maximum absolute atomic E-state index is 12.7. The molecule has 0 bridgehead atoms. The van der Waals surface area contributed by atoms with E-state index in [-0.39, 0.29) is 42.2 Å². The lowest BCUT2D eigenvalue weighted by atomic mass is 9.99. The highest BCUT2D eigenvalue weighted by Gasteiger charge is 2.33. The molecule has 5 nitrogen and oxygen atoms in total. The van der Waals surface area contributed by atoms with Crippen molar-refractivity contribution >= 4 is 29.9 Å². The molecule has 2 N–H and O–H groups in total. The molecule has 132 valence electrons. The molecular formula is C18H26ClN3O2. The van der Waals surface area contributed by atoms with Crippen LogP contribution in [-0.2, 0) is 4.79 Å². The zero-order chi connectivity index (χ0) is 16.4. The lowest BCUT2D eigenvalue weighted by Crippen LogP contribution is -2.52. The summed E-state index contributed by atoms with van der Waals surface area (Å²) in [5, 5.41) is 6.51. The maximum Gasteiger partial charge on any atom is 0.253 e. The van der Waals surface area contributed by atoms with E-state index in [9.17, 15) is 9.59 Å². The van der Waals surface area contributed by atoms with Crippen LogP contribution in [0.5, 0.6) is 0 Å². The number of benzene rings is 1. The summed E-state index contributed by atoms with van der Waals surface area (Å²) in [5.74, 6) is 0.147. The molecule has 1 saturated heterocycles. The first-order valence-corrected chi connectivity index (χ1v) is 8.49. The van der Waals surface area contributed by atoms with Crippen molar-refractivity contribution < 1.29 is 9.59 Å². The van der Waals surface area contributed by atoms with Gasteiger partial charge in [0.2, 0.25) is 5.91 Å². The number of amides is 2. The third-order valence-electron chi connectivity index (χ3n) is 4.85. The van der Waals surface area contributed by atoms with Crippen LogP contribution in [-0.4, -0.2) is 37.5 Å². The summed E-state index contributed by atoms with van der Waals surface area (Å²) in [7, 11) is 1.76. The monoisotopic (exact) mass is 351 g/mol. The molecule has 3 rings (SSSR count). The number of piperidine rings is 1. The van der Waals surface area contributed by atoms with Gasteiger partial charge in [0.15, 0.2) is 0 Å². The third-order valence-corrected chi connectivity index (χ3v) is 4.85. The second kappa shape index (κ2) is 7.99. The highest BCUT2D eigenvalue weighted by Crippen LogP contribution is 2.33. The Labute approximate surface area is 149 Å². The van der Waals surface area contributed by atoms with Gasteiger partial charge in [-0.05, 0) is 51.3 Å². The number of rotatable bonds is 4. The Hall–Kier alpha value is -1.59. The van der Waals surface area contributed by atoms with Gasteiger partial charge in [0.05, 0.1) is 11.3 Å². The minimum Gasteiger partial charge on any atom is -0.348 e. The van der Waals surface area contributed by atoms with Crippen LogP contribution < -0.4 is 15.5 Å². The van der Waals surface area contributed by atoms with E-state index in [0.29, 0.717) is 11.3 Å². The average molecular weight is 352 g/mol. The molecule has 2 fully saturated rings. The molecule has 1 aromatic rings. The first-order chi connectivity index (χ1) is 11.1. The number of carbonyl (C=O) groups is 2. The SMILES string of the molecule is CC1NCCCC1NC(=O)c1ccccc1N(C)C(=O)C1CC1.Cl. The van der Waals surface area contributed by atoms with Gasteiger partial charge in [-0.25, -0.2) is 0 Å². The average Bonchev–Trinajstić information content (AvgIpc) is 3.40. The topological polar surface area (TPSA) is 61.4 Å². The fraction of sp³-hybridized carbons (Fsp3) is 0.556. The highest BCUT2D eigenvalue weighted by molar-refractivity contribution is 6.05. The maximum atomic E-state index is 12.7. The molecule has 2 aliphatic rings. The van der Waals surface area contributed by atoms with Crippen LogP contribution in [0.2, 0.25) is 0 Å². The van der Waals surface area contributed by atoms with Crippen LogP contribution in [0.4, 0.5) is 5.69 Å². The van der Waals surface area contributed by atoms with Crippen LogP contribution in [0.15, 0.2) is 24.3 Å². The normalized spacial score (nSPS) is 23.1. The van der Waals surface area contributed by atoms with Gasteiger partial charge >= 0.3 is 0 Å². The second-order valence-corrected chi connectivity index (χ2v) is 6.65. The van der Waals surface area contributed by atoms with E-state index in [0.717, 1.165) is 32.2 Å². The summed E-state index contributed by atoms with van der Waals surface area (Å²) in [4.78, 5) is 26.7. The van der Waals surface area contributed by atoms with E-state index in [1.54, 1.807) is 18.0 Å². The van der Waals surface area contributed by atoms with Gasteiger partial charge in [-0.1, -0.05) is 12.1 Å². The minimum atomic E-state index is -0.100. The van der Waals surface area contributed by atoms with Crippen LogP contribution in [0.25, 0.3) is 0 Å². The van der Waals surface area contributed by atoms with Crippen LogP contribution in [0, 0.1) is 5.92 Å². The molecule has 1 saturated carbocycles. The van der Waals surface area contributed by atoms with E-state index >= 15 is 0 Å². The van der Waals surface area contributed by atoms with Crippen LogP contribution >= 0.6 is 12.4 Å². The number of halogens is 1. The molecule has 0 aromatic heterocycles. The second-order valence-electron chi connectivity index (χ2n) is 6.65. The minimum absolute atomic E-state index is 0. The molecular weight excluding hydrogens is 326 g/mol. The lowest BCUT2D eigenvalue weighted by Gasteiger charge is -2.31. The van der Waals surface area contributed by atoms with Gasteiger partial charge in [0.1, 0.15) is 0 Å². The summed E-state index contributed by atoms with van der Waals surface area (Å²) in [6, 6.07) is 7.75. The van der Waals surface area contributed by atoms with Gasteiger partial charge in [-0.2, -0.15) is 0 Å². The molecule has 1 aromatic carbocycles. The van der Waals surface area contributed by atoms with Crippen molar-refractivity contribution in [1.29, 1.82) is 0 Å². The summed E-state index contributed by atoms with van der Waals surface area (Å²) in [6.07, 6.45) is 3.97. The Morgan fingerprint density at radius 2 is 1.92 bits per heavy atom. The zero-order valence-corrected chi connectivity index (χ0v) is 15.1. The number of nitrogens with one attached hydrogen (secondary N) is 2. The van der Waals surface area contributed by atoms with Crippen LogP contribution in [0.3, 0.4) is 0 Å². The van der Waals surface area contributed by atoms with Gasteiger partial charge in [-0.15, -0.1) is 12.4 Å². The zero-order valence-electron chi connectivity index (χ0n) is 14.2. The molecule has 2 amide bonds. The quantitative estimate of drug-likeness (QED) is 0.875. The Balaban J connectivity index is 0.00000208.